The Hall–Kier alpha value is -2.12. The summed E-state index contributed by atoms with van der Waals surface area (Å²) in [6, 6.07) is 11.1. The zero-order valence-corrected chi connectivity index (χ0v) is 13.9. The average Bonchev–Trinajstić information content (AvgIpc) is 2.87. The summed E-state index contributed by atoms with van der Waals surface area (Å²) in [4.78, 5) is 10.8. The van der Waals surface area contributed by atoms with Crippen molar-refractivity contribution < 1.29 is 17.0 Å². The lowest BCUT2D eigenvalue weighted by atomic mass is 10.1. The van der Waals surface area contributed by atoms with Crippen LogP contribution < -0.4 is 9.12 Å². The average molecular weight is 350 g/mol. The SMILES string of the molecule is CCCc1ccc(S(=O)(=O)Oc2ccc3sc(=O)oc3c2)cc1. The molecule has 1 aromatic heterocycles. The van der Waals surface area contributed by atoms with Gasteiger partial charge in [0.1, 0.15) is 10.6 Å². The number of aryl methyl sites for hydroxylation is 1. The van der Waals surface area contributed by atoms with Crippen LogP contribution in [0.1, 0.15) is 18.9 Å². The smallest absolute Gasteiger partial charge is 0.396 e. The molecule has 1 heterocycles. The van der Waals surface area contributed by atoms with Crippen LogP contribution in [0.2, 0.25) is 0 Å². The molecule has 7 heteroatoms. The molecular formula is C16H14O5S2. The second-order valence-electron chi connectivity index (χ2n) is 4.99. The maximum atomic E-state index is 12.3. The molecule has 0 aliphatic carbocycles. The van der Waals surface area contributed by atoms with E-state index in [-0.39, 0.29) is 10.6 Å². The molecule has 0 spiro atoms. The van der Waals surface area contributed by atoms with E-state index < -0.39 is 15.1 Å². The van der Waals surface area contributed by atoms with E-state index in [1.54, 1.807) is 18.2 Å². The van der Waals surface area contributed by atoms with E-state index in [0.29, 0.717) is 10.3 Å². The molecule has 0 aliphatic heterocycles. The molecule has 0 amide bonds. The largest absolute Gasteiger partial charge is 0.414 e. The van der Waals surface area contributed by atoms with Crippen molar-refractivity contribution in [2.24, 2.45) is 0 Å². The maximum Gasteiger partial charge on any atom is 0.396 e. The number of hydrogen-bond donors (Lipinski definition) is 0. The highest BCUT2D eigenvalue weighted by molar-refractivity contribution is 7.87. The summed E-state index contributed by atoms with van der Waals surface area (Å²) in [5.74, 6) is 0.108. The van der Waals surface area contributed by atoms with Gasteiger partial charge in [-0.3, -0.25) is 0 Å². The third-order valence-corrected chi connectivity index (χ3v) is 5.33. The topological polar surface area (TPSA) is 73.6 Å². The standard InChI is InChI=1S/C16H14O5S2/c1-2-3-11-4-7-13(8-5-11)23(18,19)21-12-6-9-15-14(10-12)20-16(17)22-15/h4-10H,2-3H2,1H3. The van der Waals surface area contributed by atoms with Crippen molar-refractivity contribution in [3.8, 4) is 5.75 Å². The second-order valence-corrected chi connectivity index (χ2v) is 7.52. The Morgan fingerprint density at radius 3 is 2.57 bits per heavy atom. The van der Waals surface area contributed by atoms with Gasteiger partial charge in [-0.25, -0.2) is 4.79 Å². The first-order chi connectivity index (χ1) is 11.0. The zero-order valence-electron chi connectivity index (χ0n) is 12.3. The summed E-state index contributed by atoms with van der Waals surface area (Å²) in [5, 5.41) is 0. The highest BCUT2D eigenvalue weighted by Crippen LogP contribution is 2.25. The van der Waals surface area contributed by atoms with Crippen molar-refractivity contribution in [2.75, 3.05) is 0 Å². The molecule has 3 aromatic rings. The second kappa shape index (κ2) is 6.17. The van der Waals surface area contributed by atoms with Gasteiger partial charge in [0.15, 0.2) is 5.58 Å². The van der Waals surface area contributed by atoms with Crippen LogP contribution in [0.5, 0.6) is 5.75 Å². The molecule has 0 radical (unpaired) electrons. The molecule has 0 N–H and O–H groups in total. The third-order valence-electron chi connectivity index (χ3n) is 3.26. The van der Waals surface area contributed by atoms with Crippen molar-refractivity contribution >= 4 is 31.7 Å². The molecule has 0 fully saturated rings. The van der Waals surface area contributed by atoms with Crippen LogP contribution in [0.15, 0.2) is 56.6 Å². The fourth-order valence-corrected chi connectivity index (χ4v) is 3.76. The Kier molecular flexibility index (Phi) is 4.23. The van der Waals surface area contributed by atoms with Crippen LogP contribution in [0.25, 0.3) is 10.3 Å². The first-order valence-corrected chi connectivity index (χ1v) is 9.27. The molecule has 0 bridgehead atoms. The first kappa shape index (κ1) is 15.8. The fraction of sp³-hybridized carbons (Fsp3) is 0.188. The lowest BCUT2D eigenvalue weighted by Gasteiger charge is -2.07. The van der Waals surface area contributed by atoms with Crippen molar-refractivity contribution in [3.63, 3.8) is 0 Å². The van der Waals surface area contributed by atoms with Gasteiger partial charge in [-0.2, -0.15) is 8.42 Å². The van der Waals surface area contributed by atoms with E-state index in [1.807, 2.05) is 0 Å². The van der Waals surface area contributed by atoms with Gasteiger partial charge >= 0.3 is 15.1 Å². The predicted octanol–water partition coefficient (Wildman–Crippen LogP) is 3.57. The maximum absolute atomic E-state index is 12.3. The minimum atomic E-state index is -3.92. The Balaban J connectivity index is 1.87. The van der Waals surface area contributed by atoms with Crippen LogP contribution in [0.4, 0.5) is 0 Å². The van der Waals surface area contributed by atoms with Gasteiger partial charge in [-0.05, 0) is 36.2 Å². The van der Waals surface area contributed by atoms with Crippen LogP contribution >= 0.6 is 11.3 Å². The van der Waals surface area contributed by atoms with Crippen LogP contribution in [0, 0.1) is 0 Å². The highest BCUT2D eigenvalue weighted by Gasteiger charge is 2.17. The number of benzene rings is 2. The van der Waals surface area contributed by atoms with E-state index in [9.17, 15) is 13.2 Å². The first-order valence-electron chi connectivity index (χ1n) is 7.05. The summed E-state index contributed by atoms with van der Waals surface area (Å²) in [7, 11) is -3.92. The third kappa shape index (κ3) is 3.46. The molecule has 2 aromatic carbocycles. The van der Waals surface area contributed by atoms with Crippen molar-refractivity contribution in [1.29, 1.82) is 0 Å². The molecule has 0 aliphatic rings. The summed E-state index contributed by atoms with van der Waals surface area (Å²) >= 11 is 0.954. The zero-order chi connectivity index (χ0) is 16.4. The highest BCUT2D eigenvalue weighted by atomic mass is 32.2. The monoisotopic (exact) mass is 350 g/mol. The van der Waals surface area contributed by atoms with Gasteiger partial charge < -0.3 is 8.60 Å². The fourth-order valence-electron chi connectivity index (χ4n) is 2.19. The minimum Gasteiger partial charge on any atom is -0.414 e. The number of rotatable bonds is 5. The van der Waals surface area contributed by atoms with E-state index in [1.165, 1.54) is 24.3 Å². The summed E-state index contributed by atoms with van der Waals surface area (Å²) in [5.41, 5.74) is 1.39. The van der Waals surface area contributed by atoms with Crippen molar-refractivity contribution in [1.82, 2.24) is 0 Å². The molecule has 3 rings (SSSR count). The normalized spacial score (nSPS) is 11.7. The van der Waals surface area contributed by atoms with Crippen LogP contribution in [-0.2, 0) is 16.5 Å². The Bertz CT molecular complexity index is 981. The van der Waals surface area contributed by atoms with Crippen LogP contribution in [0.3, 0.4) is 0 Å². The Labute approximate surface area is 137 Å². The molecule has 5 nitrogen and oxygen atoms in total. The van der Waals surface area contributed by atoms with Crippen molar-refractivity contribution in [2.45, 2.75) is 24.7 Å². The number of fused-ring (bicyclic) bond motifs is 1. The van der Waals surface area contributed by atoms with Gasteiger partial charge in [0, 0.05) is 6.07 Å². The van der Waals surface area contributed by atoms with E-state index >= 15 is 0 Å². The van der Waals surface area contributed by atoms with Crippen molar-refractivity contribution in [3.05, 3.63) is 57.8 Å². The molecule has 120 valence electrons. The quantitative estimate of drug-likeness (QED) is 0.658. The summed E-state index contributed by atoms with van der Waals surface area (Å²) in [6.07, 6.45) is 1.89. The molecule has 0 unspecified atom stereocenters. The summed E-state index contributed by atoms with van der Waals surface area (Å²) < 4.78 is 35.3. The van der Waals surface area contributed by atoms with Gasteiger partial charge in [0.2, 0.25) is 0 Å². The molecule has 0 saturated heterocycles. The van der Waals surface area contributed by atoms with E-state index in [2.05, 4.69) is 6.92 Å². The molecular weight excluding hydrogens is 336 g/mol. The van der Waals surface area contributed by atoms with Gasteiger partial charge in [-0.1, -0.05) is 36.8 Å². The predicted molar refractivity (Wildman–Crippen MR) is 88.6 cm³/mol. The number of hydrogen-bond acceptors (Lipinski definition) is 6. The lowest BCUT2D eigenvalue weighted by Crippen LogP contribution is -2.09. The molecule has 0 saturated carbocycles. The molecule has 0 atom stereocenters. The molecule has 23 heavy (non-hydrogen) atoms. The minimum absolute atomic E-state index is 0.0872. The van der Waals surface area contributed by atoms with Gasteiger partial charge in [0.05, 0.1) is 4.70 Å². The Morgan fingerprint density at radius 2 is 1.87 bits per heavy atom. The lowest BCUT2D eigenvalue weighted by molar-refractivity contribution is 0.485. The van der Waals surface area contributed by atoms with Gasteiger partial charge in [-0.15, -0.1) is 0 Å². The van der Waals surface area contributed by atoms with Gasteiger partial charge in [0.25, 0.3) is 0 Å². The Morgan fingerprint density at radius 1 is 1.13 bits per heavy atom. The van der Waals surface area contributed by atoms with E-state index in [0.717, 1.165) is 29.7 Å². The summed E-state index contributed by atoms with van der Waals surface area (Å²) in [6.45, 7) is 2.06. The van der Waals surface area contributed by atoms with Crippen LogP contribution in [-0.4, -0.2) is 8.42 Å². The van der Waals surface area contributed by atoms with E-state index in [4.69, 9.17) is 8.60 Å².